The molecular weight excluding hydrogens is 398 g/mol. The Morgan fingerprint density at radius 3 is 2.03 bits per heavy atom. The highest BCUT2D eigenvalue weighted by Gasteiger charge is 2.41. The summed E-state index contributed by atoms with van der Waals surface area (Å²) in [6.45, 7) is 10.8. The van der Waals surface area contributed by atoms with Gasteiger partial charge in [0.2, 0.25) is 11.8 Å². The number of carbonyl (C=O) groups excluding carboxylic acids is 3. The van der Waals surface area contributed by atoms with E-state index in [4.69, 9.17) is 9.47 Å². The van der Waals surface area contributed by atoms with E-state index in [0.29, 0.717) is 45.1 Å². The van der Waals surface area contributed by atoms with Gasteiger partial charge in [-0.1, -0.05) is 0 Å². The van der Waals surface area contributed by atoms with Crippen molar-refractivity contribution in [2.24, 2.45) is 5.92 Å². The minimum Gasteiger partial charge on any atom is -0.494 e. The van der Waals surface area contributed by atoms with Gasteiger partial charge in [0, 0.05) is 44.7 Å². The number of amides is 3. The lowest BCUT2D eigenvalue weighted by molar-refractivity contribution is -0.142. The summed E-state index contributed by atoms with van der Waals surface area (Å²) in [4.78, 5) is 42.9. The van der Waals surface area contributed by atoms with Crippen molar-refractivity contribution in [3.8, 4) is 11.5 Å². The van der Waals surface area contributed by atoms with E-state index in [1.54, 1.807) is 26.8 Å². The Labute approximate surface area is 184 Å². The van der Waals surface area contributed by atoms with Crippen molar-refractivity contribution in [3.05, 3.63) is 24.3 Å². The van der Waals surface area contributed by atoms with Gasteiger partial charge in [-0.15, -0.1) is 0 Å². The van der Waals surface area contributed by atoms with Crippen molar-refractivity contribution in [1.29, 1.82) is 0 Å². The summed E-state index contributed by atoms with van der Waals surface area (Å²) < 4.78 is 11.0. The van der Waals surface area contributed by atoms with E-state index in [1.807, 2.05) is 39.8 Å². The Morgan fingerprint density at radius 2 is 1.52 bits per heavy atom. The maximum Gasteiger partial charge on any atom is 0.260 e. The third-order valence-electron chi connectivity index (χ3n) is 5.73. The van der Waals surface area contributed by atoms with Crippen molar-refractivity contribution in [1.82, 2.24) is 14.7 Å². The summed E-state index contributed by atoms with van der Waals surface area (Å²) >= 11 is 0. The molecule has 0 bridgehead atoms. The molecule has 0 aliphatic carbocycles. The van der Waals surface area contributed by atoms with Gasteiger partial charge >= 0.3 is 0 Å². The number of benzene rings is 1. The zero-order valence-electron chi connectivity index (χ0n) is 18.9. The summed E-state index contributed by atoms with van der Waals surface area (Å²) in [6.07, 6.45) is 0.269. The van der Waals surface area contributed by atoms with E-state index in [-0.39, 0.29) is 42.2 Å². The molecule has 2 heterocycles. The summed E-state index contributed by atoms with van der Waals surface area (Å²) in [6, 6.07) is 7.17. The molecular formula is C23H33N3O5. The molecule has 170 valence electrons. The molecule has 3 amide bonds. The molecule has 0 N–H and O–H groups in total. The SMILES string of the molecule is CCOc1ccc(OCC(=O)N2CCN(C(=O)C3CC(=O)N(C(C)(C)C)C3)CC2)cc1. The van der Waals surface area contributed by atoms with Crippen molar-refractivity contribution >= 4 is 17.7 Å². The number of hydrogen-bond acceptors (Lipinski definition) is 5. The standard InChI is InChI=1S/C23H33N3O5/c1-5-30-18-6-8-19(9-7-18)31-16-21(28)24-10-12-25(13-11-24)22(29)17-14-20(27)26(15-17)23(2,3)4/h6-9,17H,5,10-16H2,1-4H3. The minimum atomic E-state index is -0.294. The average molecular weight is 432 g/mol. The van der Waals surface area contributed by atoms with Gasteiger partial charge in [0.1, 0.15) is 11.5 Å². The number of hydrogen-bond donors (Lipinski definition) is 0. The van der Waals surface area contributed by atoms with E-state index in [1.165, 1.54) is 0 Å². The molecule has 1 unspecified atom stereocenters. The van der Waals surface area contributed by atoms with Crippen LogP contribution >= 0.6 is 0 Å². The molecule has 2 fully saturated rings. The smallest absolute Gasteiger partial charge is 0.260 e. The van der Waals surface area contributed by atoms with Crippen LogP contribution in [0.25, 0.3) is 0 Å². The van der Waals surface area contributed by atoms with Gasteiger partial charge in [-0.25, -0.2) is 0 Å². The Hall–Kier alpha value is -2.77. The Morgan fingerprint density at radius 1 is 0.968 bits per heavy atom. The van der Waals surface area contributed by atoms with E-state index in [9.17, 15) is 14.4 Å². The third-order valence-corrected chi connectivity index (χ3v) is 5.73. The van der Waals surface area contributed by atoms with Crippen LogP contribution in [0.1, 0.15) is 34.1 Å². The fraction of sp³-hybridized carbons (Fsp3) is 0.609. The Balaban J connectivity index is 1.44. The Kier molecular flexibility index (Phi) is 7.08. The highest BCUT2D eigenvalue weighted by Crippen LogP contribution is 2.27. The first-order valence-corrected chi connectivity index (χ1v) is 10.9. The van der Waals surface area contributed by atoms with Crippen molar-refractivity contribution in [3.63, 3.8) is 0 Å². The summed E-state index contributed by atoms with van der Waals surface area (Å²) in [5.41, 5.74) is -0.277. The van der Waals surface area contributed by atoms with Gasteiger partial charge < -0.3 is 24.2 Å². The first kappa shape index (κ1) is 22.9. The van der Waals surface area contributed by atoms with E-state index in [2.05, 4.69) is 0 Å². The number of likely N-dealkylation sites (tertiary alicyclic amines) is 1. The van der Waals surface area contributed by atoms with Crippen molar-refractivity contribution in [2.45, 2.75) is 39.7 Å². The predicted molar refractivity (Wildman–Crippen MR) is 116 cm³/mol. The zero-order chi connectivity index (χ0) is 22.6. The first-order chi connectivity index (χ1) is 14.7. The first-order valence-electron chi connectivity index (χ1n) is 10.9. The van der Waals surface area contributed by atoms with E-state index in [0.717, 1.165) is 5.75 Å². The largest absolute Gasteiger partial charge is 0.494 e. The fourth-order valence-corrected chi connectivity index (χ4v) is 3.99. The van der Waals surface area contributed by atoms with Gasteiger partial charge in [-0.05, 0) is 52.0 Å². The Bertz CT molecular complexity index is 794. The molecule has 3 rings (SSSR count). The molecule has 0 aromatic heterocycles. The number of rotatable bonds is 6. The number of carbonyl (C=O) groups is 3. The van der Waals surface area contributed by atoms with Gasteiger partial charge in [-0.3, -0.25) is 14.4 Å². The molecule has 1 atom stereocenters. The third kappa shape index (κ3) is 5.68. The van der Waals surface area contributed by atoms with Crippen LogP contribution in [0.4, 0.5) is 0 Å². The second-order valence-electron chi connectivity index (χ2n) is 8.98. The molecule has 2 saturated heterocycles. The quantitative estimate of drug-likeness (QED) is 0.686. The lowest BCUT2D eigenvalue weighted by Gasteiger charge is -2.36. The molecule has 0 saturated carbocycles. The summed E-state index contributed by atoms with van der Waals surface area (Å²) in [5, 5.41) is 0. The van der Waals surface area contributed by atoms with Crippen LogP contribution in [0.3, 0.4) is 0 Å². The van der Waals surface area contributed by atoms with E-state index >= 15 is 0 Å². The maximum absolute atomic E-state index is 12.9. The van der Waals surface area contributed by atoms with Crippen molar-refractivity contribution in [2.75, 3.05) is 45.9 Å². The molecule has 0 radical (unpaired) electrons. The minimum absolute atomic E-state index is 0.0119. The normalized spacial score (nSPS) is 19.5. The van der Waals surface area contributed by atoms with Crippen LogP contribution in [-0.4, -0.2) is 83.9 Å². The van der Waals surface area contributed by atoms with Crippen LogP contribution in [0.2, 0.25) is 0 Å². The number of piperazine rings is 1. The lowest BCUT2D eigenvalue weighted by Crippen LogP contribution is -2.53. The molecule has 1 aromatic rings. The van der Waals surface area contributed by atoms with Crippen molar-refractivity contribution < 1.29 is 23.9 Å². The molecule has 0 spiro atoms. The highest BCUT2D eigenvalue weighted by molar-refractivity contribution is 5.89. The molecule has 1 aromatic carbocycles. The topological polar surface area (TPSA) is 79.4 Å². The van der Waals surface area contributed by atoms with Crippen LogP contribution in [-0.2, 0) is 14.4 Å². The van der Waals surface area contributed by atoms with Gasteiger partial charge in [0.25, 0.3) is 5.91 Å². The molecule has 2 aliphatic heterocycles. The summed E-state index contributed by atoms with van der Waals surface area (Å²) in [5.74, 6) is 1.02. The lowest BCUT2D eigenvalue weighted by atomic mass is 10.1. The monoisotopic (exact) mass is 431 g/mol. The molecule has 8 heteroatoms. The highest BCUT2D eigenvalue weighted by atomic mass is 16.5. The van der Waals surface area contributed by atoms with Gasteiger partial charge in [0.15, 0.2) is 6.61 Å². The van der Waals surface area contributed by atoms with Gasteiger partial charge in [0.05, 0.1) is 12.5 Å². The number of nitrogens with zero attached hydrogens (tertiary/aromatic N) is 3. The van der Waals surface area contributed by atoms with Crippen LogP contribution in [0.5, 0.6) is 11.5 Å². The van der Waals surface area contributed by atoms with E-state index < -0.39 is 0 Å². The second-order valence-corrected chi connectivity index (χ2v) is 8.98. The van der Waals surface area contributed by atoms with Crippen LogP contribution < -0.4 is 9.47 Å². The fourth-order valence-electron chi connectivity index (χ4n) is 3.99. The van der Waals surface area contributed by atoms with Gasteiger partial charge in [-0.2, -0.15) is 0 Å². The van der Waals surface area contributed by atoms with Crippen LogP contribution in [0, 0.1) is 5.92 Å². The predicted octanol–water partition coefficient (Wildman–Crippen LogP) is 1.78. The maximum atomic E-state index is 12.9. The molecule has 31 heavy (non-hydrogen) atoms. The zero-order valence-corrected chi connectivity index (χ0v) is 18.9. The number of ether oxygens (including phenoxy) is 2. The summed E-state index contributed by atoms with van der Waals surface area (Å²) in [7, 11) is 0. The second kappa shape index (κ2) is 9.58. The average Bonchev–Trinajstić information content (AvgIpc) is 3.15. The molecule has 8 nitrogen and oxygen atoms in total. The molecule has 2 aliphatic rings. The van der Waals surface area contributed by atoms with Crippen LogP contribution in [0.15, 0.2) is 24.3 Å².